The van der Waals surface area contributed by atoms with Gasteiger partial charge in [0, 0.05) is 39.5 Å². The number of nitrogens with one attached hydrogen (secondary N) is 1. The van der Waals surface area contributed by atoms with Crippen LogP contribution in [0.5, 0.6) is 0 Å². The first kappa shape index (κ1) is 19.8. The SMILES string of the molecule is Nc1nc(-c2ccccc2)c2ccc(Nc3ccc4cnc(-c5ccccc5)nc4c3)cc2n1. The highest BCUT2D eigenvalue weighted by Crippen LogP contribution is 2.30. The van der Waals surface area contributed by atoms with E-state index < -0.39 is 0 Å². The monoisotopic (exact) mass is 440 g/mol. The molecule has 6 rings (SSSR count). The largest absolute Gasteiger partial charge is 0.368 e. The quantitative estimate of drug-likeness (QED) is 0.338. The first-order valence-corrected chi connectivity index (χ1v) is 10.9. The molecule has 6 aromatic rings. The van der Waals surface area contributed by atoms with E-state index in [9.17, 15) is 0 Å². The molecule has 0 saturated heterocycles. The lowest BCUT2D eigenvalue weighted by molar-refractivity contribution is 1.23. The molecule has 0 aliphatic rings. The van der Waals surface area contributed by atoms with Gasteiger partial charge in [0.15, 0.2) is 5.82 Å². The van der Waals surface area contributed by atoms with Gasteiger partial charge in [-0.15, -0.1) is 0 Å². The Kier molecular flexibility index (Phi) is 4.81. The lowest BCUT2D eigenvalue weighted by atomic mass is 10.1. The molecule has 0 aliphatic heterocycles. The van der Waals surface area contributed by atoms with Crippen LogP contribution in [0.1, 0.15) is 0 Å². The third-order valence-electron chi connectivity index (χ3n) is 5.66. The Hall–Kier alpha value is -4.84. The van der Waals surface area contributed by atoms with Gasteiger partial charge in [0.1, 0.15) is 0 Å². The van der Waals surface area contributed by atoms with Gasteiger partial charge < -0.3 is 11.1 Å². The van der Waals surface area contributed by atoms with Crippen LogP contribution in [0.3, 0.4) is 0 Å². The van der Waals surface area contributed by atoms with Crippen molar-refractivity contribution >= 4 is 39.1 Å². The summed E-state index contributed by atoms with van der Waals surface area (Å²) in [6, 6.07) is 32.1. The molecule has 0 amide bonds. The molecule has 34 heavy (non-hydrogen) atoms. The summed E-state index contributed by atoms with van der Waals surface area (Å²) in [6.45, 7) is 0. The van der Waals surface area contributed by atoms with Gasteiger partial charge in [0.25, 0.3) is 0 Å². The summed E-state index contributed by atoms with van der Waals surface area (Å²) >= 11 is 0. The molecule has 2 heterocycles. The second-order valence-corrected chi connectivity index (χ2v) is 7.99. The number of nitrogens with two attached hydrogens (primary N) is 1. The summed E-state index contributed by atoms with van der Waals surface area (Å²) in [6.07, 6.45) is 1.86. The molecule has 3 N–H and O–H groups in total. The van der Waals surface area contributed by atoms with Crippen molar-refractivity contribution in [3.63, 3.8) is 0 Å². The summed E-state index contributed by atoms with van der Waals surface area (Å²) < 4.78 is 0. The average Bonchev–Trinajstić information content (AvgIpc) is 2.88. The first-order valence-electron chi connectivity index (χ1n) is 10.9. The molecular weight excluding hydrogens is 420 g/mol. The number of hydrogen-bond donors (Lipinski definition) is 2. The van der Waals surface area contributed by atoms with Gasteiger partial charge in [-0.3, -0.25) is 0 Å². The van der Waals surface area contributed by atoms with Gasteiger partial charge in [0.05, 0.1) is 16.7 Å². The Morgan fingerprint density at radius 1 is 0.618 bits per heavy atom. The third-order valence-corrected chi connectivity index (χ3v) is 5.66. The van der Waals surface area contributed by atoms with Crippen molar-refractivity contribution in [3.8, 4) is 22.6 Å². The lowest BCUT2D eigenvalue weighted by Crippen LogP contribution is -1.99. The van der Waals surface area contributed by atoms with Crippen molar-refractivity contribution < 1.29 is 0 Å². The fourth-order valence-corrected chi connectivity index (χ4v) is 4.04. The van der Waals surface area contributed by atoms with E-state index in [4.69, 9.17) is 10.7 Å². The van der Waals surface area contributed by atoms with E-state index in [1.54, 1.807) is 0 Å². The zero-order valence-corrected chi connectivity index (χ0v) is 18.2. The molecular formula is C28H20N6. The summed E-state index contributed by atoms with van der Waals surface area (Å²) in [4.78, 5) is 18.2. The summed E-state index contributed by atoms with van der Waals surface area (Å²) in [5.74, 6) is 0.955. The van der Waals surface area contributed by atoms with E-state index in [0.29, 0.717) is 5.82 Å². The van der Waals surface area contributed by atoms with Crippen molar-refractivity contribution in [1.82, 2.24) is 19.9 Å². The van der Waals surface area contributed by atoms with E-state index in [1.807, 2.05) is 103 Å². The highest BCUT2D eigenvalue weighted by molar-refractivity contribution is 5.95. The maximum Gasteiger partial charge on any atom is 0.221 e. The van der Waals surface area contributed by atoms with Crippen molar-refractivity contribution in [1.29, 1.82) is 0 Å². The zero-order chi connectivity index (χ0) is 22.9. The Morgan fingerprint density at radius 2 is 1.29 bits per heavy atom. The number of hydrogen-bond acceptors (Lipinski definition) is 6. The van der Waals surface area contributed by atoms with Crippen LogP contribution in [-0.4, -0.2) is 19.9 Å². The fraction of sp³-hybridized carbons (Fsp3) is 0. The van der Waals surface area contributed by atoms with Gasteiger partial charge in [-0.1, -0.05) is 60.7 Å². The Labute approximate surface area is 196 Å². The minimum atomic E-state index is 0.249. The van der Waals surface area contributed by atoms with Crippen LogP contribution in [0.4, 0.5) is 17.3 Å². The van der Waals surface area contributed by atoms with E-state index in [-0.39, 0.29) is 5.95 Å². The fourth-order valence-electron chi connectivity index (χ4n) is 4.04. The average molecular weight is 441 g/mol. The molecule has 0 bridgehead atoms. The molecule has 0 aliphatic carbocycles. The minimum absolute atomic E-state index is 0.249. The molecule has 0 radical (unpaired) electrons. The molecule has 6 heteroatoms. The Bertz CT molecular complexity index is 1630. The predicted octanol–water partition coefficient (Wildman–Crippen LogP) is 6.23. The topological polar surface area (TPSA) is 89.6 Å². The number of fused-ring (bicyclic) bond motifs is 2. The van der Waals surface area contributed by atoms with Crippen LogP contribution in [-0.2, 0) is 0 Å². The summed E-state index contributed by atoms with van der Waals surface area (Å²) in [5.41, 5.74) is 12.3. The normalized spacial score (nSPS) is 11.1. The van der Waals surface area contributed by atoms with Gasteiger partial charge in [-0.2, -0.15) is 0 Å². The first-order chi connectivity index (χ1) is 16.7. The molecule has 0 saturated carbocycles. The molecule has 0 unspecified atom stereocenters. The number of rotatable bonds is 4. The van der Waals surface area contributed by atoms with Crippen molar-refractivity contribution in [2.24, 2.45) is 0 Å². The maximum absolute atomic E-state index is 6.03. The van der Waals surface area contributed by atoms with E-state index in [0.717, 1.165) is 50.0 Å². The van der Waals surface area contributed by atoms with Gasteiger partial charge in [0.2, 0.25) is 5.95 Å². The second-order valence-electron chi connectivity index (χ2n) is 7.99. The molecule has 0 atom stereocenters. The van der Waals surface area contributed by atoms with Crippen molar-refractivity contribution in [2.75, 3.05) is 11.1 Å². The van der Waals surface area contributed by atoms with Gasteiger partial charge >= 0.3 is 0 Å². The molecule has 162 valence electrons. The number of nitrogen functional groups attached to an aromatic ring is 1. The lowest BCUT2D eigenvalue weighted by Gasteiger charge is -2.11. The van der Waals surface area contributed by atoms with Crippen LogP contribution >= 0.6 is 0 Å². The maximum atomic E-state index is 6.03. The minimum Gasteiger partial charge on any atom is -0.368 e. The van der Waals surface area contributed by atoms with Crippen LogP contribution in [0.15, 0.2) is 103 Å². The molecule has 0 fully saturated rings. The van der Waals surface area contributed by atoms with Gasteiger partial charge in [-0.05, 0) is 36.4 Å². The van der Waals surface area contributed by atoms with Crippen LogP contribution in [0.2, 0.25) is 0 Å². The smallest absolute Gasteiger partial charge is 0.221 e. The molecule has 0 spiro atoms. The Morgan fingerprint density at radius 3 is 2.06 bits per heavy atom. The summed E-state index contributed by atoms with van der Waals surface area (Å²) in [5, 5.41) is 5.40. The highest BCUT2D eigenvalue weighted by atomic mass is 15.0. The van der Waals surface area contributed by atoms with Crippen LogP contribution in [0, 0.1) is 0 Å². The Balaban J connectivity index is 1.36. The standard InChI is InChI=1S/C28H20N6/c29-28-33-25-16-22(13-14-23(25)26(34-28)18-7-3-1-4-8-18)31-21-12-11-20-17-30-27(32-24(20)15-21)19-9-5-2-6-10-19/h1-17,31H,(H2,29,33,34). The van der Waals surface area contributed by atoms with E-state index in [2.05, 4.69) is 20.3 Å². The molecule has 2 aromatic heterocycles. The van der Waals surface area contributed by atoms with Crippen LogP contribution < -0.4 is 11.1 Å². The zero-order valence-electron chi connectivity index (χ0n) is 18.2. The van der Waals surface area contributed by atoms with E-state index >= 15 is 0 Å². The van der Waals surface area contributed by atoms with Crippen molar-refractivity contribution in [3.05, 3.63) is 103 Å². The number of nitrogens with zero attached hydrogens (tertiary/aromatic N) is 4. The van der Waals surface area contributed by atoms with Crippen molar-refractivity contribution in [2.45, 2.75) is 0 Å². The summed E-state index contributed by atoms with van der Waals surface area (Å²) in [7, 11) is 0. The van der Waals surface area contributed by atoms with Gasteiger partial charge in [-0.25, -0.2) is 19.9 Å². The third kappa shape index (κ3) is 3.78. The number of anilines is 3. The number of benzene rings is 4. The van der Waals surface area contributed by atoms with E-state index in [1.165, 1.54) is 0 Å². The highest BCUT2D eigenvalue weighted by Gasteiger charge is 2.10. The molecule has 6 nitrogen and oxygen atoms in total. The second kappa shape index (κ2) is 8.26. The molecule has 4 aromatic carbocycles. The number of aromatic nitrogens is 4. The van der Waals surface area contributed by atoms with Crippen LogP contribution in [0.25, 0.3) is 44.5 Å². The predicted molar refractivity (Wildman–Crippen MR) is 138 cm³/mol.